The first kappa shape index (κ1) is 21.7. The van der Waals surface area contributed by atoms with Gasteiger partial charge < -0.3 is 15.4 Å². The van der Waals surface area contributed by atoms with Crippen molar-refractivity contribution in [3.8, 4) is 0 Å². The van der Waals surface area contributed by atoms with Gasteiger partial charge in [-0.05, 0) is 37.1 Å². The molecule has 1 saturated heterocycles. The zero-order valence-corrected chi connectivity index (χ0v) is 17.6. The van der Waals surface area contributed by atoms with Crippen LogP contribution in [-0.2, 0) is 10.0 Å². The number of hydrogen-bond acceptors (Lipinski definition) is 4. The molecule has 4 rings (SSSR count). The molecule has 0 saturated carbocycles. The molecule has 164 valence electrons. The van der Waals surface area contributed by atoms with Crippen molar-refractivity contribution in [1.82, 2.24) is 9.29 Å². The fourth-order valence-corrected chi connectivity index (χ4v) is 5.27. The number of H-pyrrole nitrogens is 1. The Morgan fingerprint density at radius 1 is 1.19 bits per heavy atom. The summed E-state index contributed by atoms with van der Waals surface area (Å²) in [6.07, 6.45) is 1.67. The Morgan fingerprint density at radius 2 is 1.90 bits per heavy atom. The van der Waals surface area contributed by atoms with Gasteiger partial charge >= 0.3 is 0 Å². The van der Waals surface area contributed by atoms with E-state index in [0.717, 1.165) is 12.1 Å². The van der Waals surface area contributed by atoms with Crippen molar-refractivity contribution in [2.45, 2.75) is 23.8 Å². The second-order valence-corrected chi connectivity index (χ2v) is 9.60. The van der Waals surface area contributed by atoms with Crippen molar-refractivity contribution >= 4 is 44.1 Å². The molecule has 1 amide bonds. The van der Waals surface area contributed by atoms with Gasteiger partial charge in [-0.15, -0.1) is 0 Å². The Hall–Kier alpha value is -2.53. The number of aliphatic hydroxyl groups excluding tert-OH is 1. The Bertz CT molecular complexity index is 1250. The molecule has 31 heavy (non-hydrogen) atoms. The number of aromatic nitrogens is 1. The maximum atomic E-state index is 13.6. The van der Waals surface area contributed by atoms with Crippen LogP contribution >= 0.6 is 11.6 Å². The molecule has 0 bridgehead atoms. The van der Waals surface area contributed by atoms with Crippen LogP contribution in [0.25, 0.3) is 10.9 Å². The number of halogens is 3. The first-order valence-electron chi connectivity index (χ1n) is 9.42. The quantitative estimate of drug-likeness (QED) is 0.509. The minimum Gasteiger partial charge on any atom is -0.393 e. The lowest BCUT2D eigenvalue weighted by molar-refractivity contribution is 0.102. The second-order valence-electron chi connectivity index (χ2n) is 7.25. The third kappa shape index (κ3) is 4.16. The van der Waals surface area contributed by atoms with Gasteiger partial charge in [-0.25, -0.2) is 17.2 Å². The third-order valence-corrected chi connectivity index (χ3v) is 7.34. The number of carbonyl (C=O) groups is 1. The minimum absolute atomic E-state index is 0.0372. The summed E-state index contributed by atoms with van der Waals surface area (Å²) < 4.78 is 54.5. The summed E-state index contributed by atoms with van der Waals surface area (Å²) in [6, 6.07) is 6.13. The van der Waals surface area contributed by atoms with Crippen LogP contribution in [-0.4, -0.2) is 47.9 Å². The largest absolute Gasteiger partial charge is 0.393 e. The zero-order chi connectivity index (χ0) is 22.3. The molecule has 1 fully saturated rings. The van der Waals surface area contributed by atoms with Gasteiger partial charge in [0.15, 0.2) is 11.6 Å². The van der Waals surface area contributed by atoms with E-state index in [0.29, 0.717) is 23.7 Å². The summed E-state index contributed by atoms with van der Waals surface area (Å²) in [7, 11) is -3.91. The minimum atomic E-state index is -3.91. The molecule has 7 nitrogen and oxygen atoms in total. The number of aromatic amines is 1. The van der Waals surface area contributed by atoms with E-state index in [1.165, 1.54) is 16.4 Å². The number of rotatable bonds is 4. The number of nitrogens with zero attached hydrogens (tertiary/aromatic N) is 1. The molecule has 3 N–H and O–H groups in total. The van der Waals surface area contributed by atoms with Gasteiger partial charge in [-0.1, -0.05) is 11.6 Å². The Balaban J connectivity index is 1.71. The number of anilines is 1. The van der Waals surface area contributed by atoms with Crippen LogP contribution in [0.3, 0.4) is 0 Å². The van der Waals surface area contributed by atoms with Gasteiger partial charge in [0.2, 0.25) is 10.0 Å². The Morgan fingerprint density at radius 3 is 2.58 bits per heavy atom. The average molecular weight is 470 g/mol. The standard InChI is InChI=1S/C20H18ClF2N3O4S/c21-16-7-11(8-17(22)19(16)23)25-20(28)15-9-13(10-18-14(15)1-4-24-18)31(29,30)26-5-2-12(27)3-6-26/h1,4,7-10,12,24,27H,2-3,5-6H2,(H,25,28). The second kappa shape index (κ2) is 8.19. The number of fused-ring (bicyclic) bond motifs is 1. The van der Waals surface area contributed by atoms with Crippen molar-refractivity contribution in [2.24, 2.45) is 0 Å². The Kier molecular flexibility index (Phi) is 5.73. The van der Waals surface area contributed by atoms with Crippen LogP contribution in [0, 0.1) is 11.6 Å². The van der Waals surface area contributed by atoms with Crippen LogP contribution in [0.5, 0.6) is 0 Å². The number of piperidine rings is 1. The van der Waals surface area contributed by atoms with E-state index in [4.69, 9.17) is 11.6 Å². The predicted molar refractivity (Wildman–Crippen MR) is 112 cm³/mol. The van der Waals surface area contributed by atoms with Crippen LogP contribution in [0.4, 0.5) is 14.5 Å². The highest BCUT2D eigenvalue weighted by Crippen LogP contribution is 2.28. The normalized spacial score (nSPS) is 16.0. The molecule has 2 heterocycles. The molecule has 0 aliphatic carbocycles. The average Bonchev–Trinajstić information content (AvgIpc) is 3.20. The number of nitrogens with one attached hydrogen (secondary N) is 2. The number of carbonyl (C=O) groups excluding carboxylic acids is 1. The predicted octanol–water partition coefficient (Wildman–Crippen LogP) is 3.50. The molecular weight excluding hydrogens is 452 g/mol. The summed E-state index contributed by atoms with van der Waals surface area (Å²) >= 11 is 5.63. The first-order chi connectivity index (χ1) is 14.7. The lowest BCUT2D eigenvalue weighted by Crippen LogP contribution is -2.40. The molecule has 0 spiro atoms. The Labute approximate surface area is 181 Å². The van der Waals surface area contributed by atoms with E-state index in [2.05, 4.69) is 10.3 Å². The van der Waals surface area contributed by atoms with Gasteiger partial charge in [-0.3, -0.25) is 4.79 Å². The molecule has 0 radical (unpaired) electrons. The molecule has 11 heteroatoms. The van der Waals surface area contributed by atoms with E-state index >= 15 is 0 Å². The molecule has 1 aliphatic heterocycles. The van der Waals surface area contributed by atoms with Gasteiger partial charge in [0.05, 0.1) is 21.6 Å². The van der Waals surface area contributed by atoms with Crippen LogP contribution in [0.2, 0.25) is 5.02 Å². The number of aliphatic hydroxyl groups is 1. The summed E-state index contributed by atoms with van der Waals surface area (Å²) in [4.78, 5) is 15.7. The highest BCUT2D eigenvalue weighted by atomic mass is 35.5. The monoisotopic (exact) mass is 469 g/mol. The lowest BCUT2D eigenvalue weighted by atomic mass is 10.1. The third-order valence-electron chi connectivity index (χ3n) is 5.19. The summed E-state index contributed by atoms with van der Waals surface area (Å²) in [5.41, 5.74) is 0.387. The van der Waals surface area contributed by atoms with E-state index in [1.54, 1.807) is 12.3 Å². The van der Waals surface area contributed by atoms with E-state index in [1.807, 2.05) is 0 Å². The molecule has 0 atom stereocenters. The van der Waals surface area contributed by atoms with Crippen molar-refractivity contribution < 1.29 is 27.1 Å². The molecule has 3 aromatic rings. The molecular formula is C20H18ClF2N3O4S. The van der Waals surface area contributed by atoms with Gasteiger partial charge in [-0.2, -0.15) is 4.31 Å². The van der Waals surface area contributed by atoms with Crippen molar-refractivity contribution in [3.05, 3.63) is 58.7 Å². The molecule has 2 aromatic carbocycles. The molecule has 1 aromatic heterocycles. The van der Waals surface area contributed by atoms with Crippen LogP contribution < -0.4 is 5.32 Å². The smallest absolute Gasteiger partial charge is 0.256 e. The van der Waals surface area contributed by atoms with Crippen LogP contribution in [0.1, 0.15) is 23.2 Å². The fraction of sp³-hybridized carbons (Fsp3) is 0.250. The van der Waals surface area contributed by atoms with E-state index in [9.17, 15) is 27.1 Å². The lowest BCUT2D eigenvalue weighted by Gasteiger charge is -2.28. The van der Waals surface area contributed by atoms with Crippen LogP contribution in [0.15, 0.2) is 41.4 Å². The summed E-state index contributed by atoms with van der Waals surface area (Å²) in [5.74, 6) is -3.16. The zero-order valence-electron chi connectivity index (χ0n) is 16.0. The maximum absolute atomic E-state index is 13.6. The number of sulfonamides is 1. The maximum Gasteiger partial charge on any atom is 0.256 e. The van der Waals surface area contributed by atoms with Crippen molar-refractivity contribution in [2.75, 3.05) is 18.4 Å². The fourth-order valence-electron chi connectivity index (χ4n) is 3.54. The summed E-state index contributed by atoms with van der Waals surface area (Å²) in [6.45, 7) is 0.336. The van der Waals surface area contributed by atoms with E-state index in [-0.39, 0.29) is 29.2 Å². The summed E-state index contributed by atoms with van der Waals surface area (Å²) in [5, 5.41) is 12.0. The number of benzene rings is 2. The molecule has 0 unspecified atom stereocenters. The molecule has 1 aliphatic rings. The highest BCUT2D eigenvalue weighted by molar-refractivity contribution is 7.89. The number of amides is 1. The van der Waals surface area contributed by atoms with Crippen molar-refractivity contribution in [1.29, 1.82) is 0 Å². The number of hydrogen-bond donors (Lipinski definition) is 3. The van der Waals surface area contributed by atoms with Gasteiger partial charge in [0.25, 0.3) is 5.91 Å². The topological polar surface area (TPSA) is 102 Å². The SMILES string of the molecule is O=C(Nc1cc(F)c(F)c(Cl)c1)c1cc(S(=O)(=O)N2CCC(O)CC2)cc2[nH]ccc12. The van der Waals surface area contributed by atoms with Crippen molar-refractivity contribution in [3.63, 3.8) is 0 Å². The van der Waals surface area contributed by atoms with Gasteiger partial charge in [0.1, 0.15) is 0 Å². The van der Waals surface area contributed by atoms with Gasteiger partial charge in [0, 0.05) is 41.9 Å². The highest BCUT2D eigenvalue weighted by Gasteiger charge is 2.30. The van der Waals surface area contributed by atoms with E-state index < -0.39 is 38.7 Å². The first-order valence-corrected chi connectivity index (χ1v) is 11.2.